The predicted octanol–water partition coefficient (Wildman–Crippen LogP) is 6.17. The highest BCUT2D eigenvalue weighted by Gasteiger charge is 2.22. The first-order chi connectivity index (χ1) is 16.5. The van der Waals surface area contributed by atoms with E-state index in [1.165, 1.54) is 12.8 Å². The van der Waals surface area contributed by atoms with Gasteiger partial charge in [0.05, 0.1) is 11.0 Å². The van der Waals surface area contributed by atoms with Crippen LogP contribution in [0.1, 0.15) is 34.6 Å². The van der Waals surface area contributed by atoms with E-state index in [1.54, 1.807) is 30.3 Å². The highest BCUT2D eigenvalue weighted by molar-refractivity contribution is 6.35. The molecule has 1 aliphatic carbocycles. The molecule has 4 aromatic rings. The Bertz CT molecular complexity index is 1300. The number of nitrogens with one attached hydrogen (secondary N) is 2. The summed E-state index contributed by atoms with van der Waals surface area (Å²) in [6, 6.07) is 18.2. The summed E-state index contributed by atoms with van der Waals surface area (Å²) in [5.74, 6) is 2.10. The molecule has 0 unspecified atom stereocenters. The van der Waals surface area contributed by atoms with E-state index >= 15 is 0 Å². The molecule has 1 aromatic heterocycles. The van der Waals surface area contributed by atoms with Crippen LogP contribution in [0.25, 0.3) is 11.0 Å². The van der Waals surface area contributed by atoms with E-state index in [4.69, 9.17) is 32.7 Å². The molecule has 0 bridgehead atoms. The highest BCUT2D eigenvalue weighted by atomic mass is 35.5. The quantitative estimate of drug-likeness (QED) is 0.291. The molecule has 1 saturated carbocycles. The molecule has 3 aromatic carbocycles. The standard InChI is InChI=1S/C26H23Cl2N3O3/c27-19-9-7-18(20(28)12-19)14-33-24-11-17(26(32)29-13-16-5-6-16)8-10-23(24)34-15-25-30-21-3-1-2-4-22(21)31-25/h1-4,7-12,16H,5-6,13-15H2,(H,29,32)(H,30,31). The maximum Gasteiger partial charge on any atom is 0.251 e. The minimum atomic E-state index is -0.134. The SMILES string of the molecule is O=C(NCC1CC1)c1ccc(OCc2nc3ccccc3[nH]2)c(OCc2ccc(Cl)cc2Cl)c1. The molecule has 1 fully saturated rings. The molecule has 0 saturated heterocycles. The Morgan fingerprint density at radius 3 is 2.62 bits per heavy atom. The summed E-state index contributed by atoms with van der Waals surface area (Å²) in [6.45, 7) is 1.11. The lowest BCUT2D eigenvalue weighted by Crippen LogP contribution is -2.25. The molecule has 1 heterocycles. The van der Waals surface area contributed by atoms with Crippen molar-refractivity contribution < 1.29 is 14.3 Å². The lowest BCUT2D eigenvalue weighted by atomic mass is 10.1. The second-order valence-corrected chi connectivity index (χ2v) is 9.17. The summed E-state index contributed by atoms with van der Waals surface area (Å²) in [5, 5.41) is 4.05. The lowest BCUT2D eigenvalue weighted by molar-refractivity contribution is 0.0951. The van der Waals surface area contributed by atoms with Crippen LogP contribution >= 0.6 is 23.2 Å². The topological polar surface area (TPSA) is 76.2 Å². The van der Waals surface area contributed by atoms with E-state index in [9.17, 15) is 4.79 Å². The summed E-state index contributed by atoms with van der Waals surface area (Å²) in [6.07, 6.45) is 2.34. The van der Waals surface area contributed by atoms with Crippen LogP contribution in [-0.2, 0) is 13.2 Å². The number of carbonyl (C=O) groups excluding carboxylic acids is 1. The smallest absolute Gasteiger partial charge is 0.251 e. The number of carbonyl (C=O) groups is 1. The zero-order valence-electron chi connectivity index (χ0n) is 18.3. The van der Waals surface area contributed by atoms with Gasteiger partial charge in [0.15, 0.2) is 11.5 Å². The monoisotopic (exact) mass is 495 g/mol. The van der Waals surface area contributed by atoms with Gasteiger partial charge in [0.25, 0.3) is 5.91 Å². The second kappa shape index (κ2) is 9.95. The van der Waals surface area contributed by atoms with Gasteiger partial charge in [0, 0.05) is 27.7 Å². The van der Waals surface area contributed by atoms with Crippen molar-refractivity contribution >= 4 is 40.1 Å². The fraction of sp³-hybridized carbons (Fsp3) is 0.231. The molecule has 6 nitrogen and oxygen atoms in total. The van der Waals surface area contributed by atoms with E-state index < -0.39 is 0 Å². The molecule has 0 spiro atoms. The zero-order chi connectivity index (χ0) is 23.5. The molecular weight excluding hydrogens is 473 g/mol. The molecule has 34 heavy (non-hydrogen) atoms. The predicted molar refractivity (Wildman–Crippen MR) is 133 cm³/mol. The summed E-state index contributed by atoms with van der Waals surface area (Å²) in [5.41, 5.74) is 3.10. The Morgan fingerprint density at radius 2 is 1.82 bits per heavy atom. The maximum absolute atomic E-state index is 12.6. The number of nitrogens with zero attached hydrogens (tertiary/aromatic N) is 1. The number of rotatable bonds is 9. The van der Waals surface area contributed by atoms with Gasteiger partial charge in [-0.2, -0.15) is 0 Å². The number of para-hydroxylation sites is 2. The number of H-pyrrole nitrogens is 1. The van der Waals surface area contributed by atoms with Crippen LogP contribution in [0, 0.1) is 5.92 Å². The van der Waals surface area contributed by atoms with Gasteiger partial charge >= 0.3 is 0 Å². The zero-order valence-corrected chi connectivity index (χ0v) is 19.8. The molecule has 174 valence electrons. The van der Waals surface area contributed by atoms with Crippen LogP contribution in [0.4, 0.5) is 0 Å². The fourth-order valence-electron chi connectivity index (χ4n) is 3.56. The van der Waals surface area contributed by atoms with Gasteiger partial charge in [-0.1, -0.05) is 41.4 Å². The molecule has 1 aliphatic rings. The Balaban J connectivity index is 1.34. The van der Waals surface area contributed by atoms with Gasteiger partial charge in [0.1, 0.15) is 19.0 Å². The van der Waals surface area contributed by atoms with Crippen LogP contribution < -0.4 is 14.8 Å². The average molecular weight is 496 g/mol. The molecule has 5 rings (SSSR count). The van der Waals surface area contributed by atoms with Crippen LogP contribution in [0.5, 0.6) is 11.5 Å². The number of ether oxygens (including phenoxy) is 2. The number of benzene rings is 3. The lowest BCUT2D eigenvalue weighted by Gasteiger charge is -2.15. The van der Waals surface area contributed by atoms with Crippen LogP contribution in [0.15, 0.2) is 60.7 Å². The van der Waals surface area contributed by atoms with E-state index in [1.807, 2.05) is 30.3 Å². The summed E-state index contributed by atoms with van der Waals surface area (Å²) >= 11 is 12.3. The highest BCUT2D eigenvalue weighted by Crippen LogP contribution is 2.32. The van der Waals surface area contributed by atoms with Crippen molar-refractivity contribution in [2.75, 3.05) is 6.54 Å². The van der Waals surface area contributed by atoms with Crippen LogP contribution in [0.2, 0.25) is 10.0 Å². The van der Waals surface area contributed by atoms with Crippen molar-refractivity contribution in [1.29, 1.82) is 0 Å². The van der Waals surface area contributed by atoms with Gasteiger partial charge in [-0.3, -0.25) is 4.79 Å². The first-order valence-corrected chi connectivity index (χ1v) is 11.9. The fourth-order valence-corrected chi connectivity index (χ4v) is 4.02. The maximum atomic E-state index is 12.6. The van der Waals surface area contributed by atoms with Gasteiger partial charge in [-0.15, -0.1) is 0 Å². The third kappa shape index (κ3) is 5.46. The van der Waals surface area contributed by atoms with E-state index in [-0.39, 0.29) is 19.1 Å². The Kier molecular flexibility index (Phi) is 6.61. The van der Waals surface area contributed by atoms with Crippen molar-refractivity contribution in [2.45, 2.75) is 26.1 Å². The Hall–Kier alpha value is -3.22. The van der Waals surface area contributed by atoms with Crippen molar-refractivity contribution in [2.24, 2.45) is 5.92 Å². The van der Waals surface area contributed by atoms with Gasteiger partial charge < -0.3 is 19.8 Å². The van der Waals surface area contributed by atoms with Gasteiger partial charge in [0.2, 0.25) is 0 Å². The van der Waals surface area contributed by atoms with Crippen LogP contribution in [-0.4, -0.2) is 22.4 Å². The summed E-state index contributed by atoms with van der Waals surface area (Å²) in [4.78, 5) is 20.4. The molecule has 1 amide bonds. The number of aromatic nitrogens is 2. The number of halogens is 2. The number of hydrogen-bond donors (Lipinski definition) is 2. The number of aromatic amines is 1. The largest absolute Gasteiger partial charge is 0.485 e. The first-order valence-electron chi connectivity index (χ1n) is 11.1. The molecule has 0 radical (unpaired) electrons. The molecular formula is C26H23Cl2N3O3. The van der Waals surface area contributed by atoms with Gasteiger partial charge in [-0.25, -0.2) is 4.98 Å². The van der Waals surface area contributed by atoms with Crippen LogP contribution in [0.3, 0.4) is 0 Å². The summed E-state index contributed by atoms with van der Waals surface area (Å²) < 4.78 is 12.1. The third-order valence-corrected chi connectivity index (χ3v) is 6.24. The molecule has 0 aliphatic heterocycles. The second-order valence-electron chi connectivity index (χ2n) is 8.33. The third-order valence-electron chi connectivity index (χ3n) is 5.66. The van der Waals surface area contributed by atoms with Crippen molar-refractivity contribution in [3.8, 4) is 11.5 Å². The molecule has 0 atom stereocenters. The number of amides is 1. The van der Waals surface area contributed by atoms with Gasteiger partial charge in [-0.05, 0) is 61.2 Å². The summed E-state index contributed by atoms with van der Waals surface area (Å²) in [7, 11) is 0. The minimum Gasteiger partial charge on any atom is -0.485 e. The van der Waals surface area contributed by atoms with Crippen molar-refractivity contribution in [3.05, 3.63) is 87.7 Å². The number of hydrogen-bond acceptors (Lipinski definition) is 4. The van der Waals surface area contributed by atoms with Crippen molar-refractivity contribution in [3.63, 3.8) is 0 Å². The normalized spacial score (nSPS) is 13.1. The minimum absolute atomic E-state index is 0.134. The van der Waals surface area contributed by atoms with Crippen molar-refractivity contribution in [1.82, 2.24) is 15.3 Å². The van der Waals surface area contributed by atoms with E-state index in [0.717, 1.165) is 16.6 Å². The first kappa shape index (κ1) is 22.6. The van der Waals surface area contributed by atoms with E-state index in [2.05, 4.69) is 15.3 Å². The average Bonchev–Trinajstić information content (AvgIpc) is 3.57. The number of imidazole rings is 1. The van der Waals surface area contributed by atoms with E-state index in [0.29, 0.717) is 45.4 Å². The molecule has 2 N–H and O–H groups in total. The molecule has 8 heteroatoms. The Morgan fingerprint density at radius 1 is 1.00 bits per heavy atom. The number of fused-ring (bicyclic) bond motifs is 1. The Labute approximate surface area is 207 Å².